The molecule has 0 aromatic heterocycles. The Balaban J connectivity index is 4.58. The highest BCUT2D eigenvalue weighted by molar-refractivity contribution is 5.14. The van der Waals surface area contributed by atoms with Crippen molar-refractivity contribution in [2.45, 2.75) is 32.8 Å². The van der Waals surface area contributed by atoms with Gasteiger partial charge in [0.2, 0.25) is 0 Å². The standard InChI is InChI=1S/C10H18O/c1-6-9(5)10(11,7-2)8(3)4/h6,9,11H,1,3,7H2,2,4-5H3. The van der Waals surface area contributed by atoms with Crippen molar-refractivity contribution in [3.05, 3.63) is 24.8 Å². The fraction of sp³-hybridized carbons (Fsp3) is 0.600. The van der Waals surface area contributed by atoms with Crippen molar-refractivity contribution in [3.63, 3.8) is 0 Å². The van der Waals surface area contributed by atoms with E-state index in [1.807, 2.05) is 20.8 Å². The number of aliphatic hydroxyl groups is 1. The molecular formula is C10H18O. The summed E-state index contributed by atoms with van der Waals surface area (Å²) in [5.41, 5.74) is 0.0503. The molecule has 0 aliphatic carbocycles. The van der Waals surface area contributed by atoms with Crippen molar-refractivity contribution in [3.8, 4) is 0 Å². The van der Waals surface area contributed by atoms with Crippen LogP contribution in [0.4, 0.5) is 0 Å². The highest BCUT2D eigenvalue weighted by atomic mass is 16.3. The minimum Gasteiger partial charge on any atom is -0.385 e. The summed E-state index contributed by atoms with van der Waals surface area (Å²) in [6, 6.07) is 0. The first-order valence-corrected chi connectivity index (χ1v) is 4.00. The number of hydrogen-bond acceptors (Lipinski definition) is 1. The minimum atomic E-state index is -0.762. The third-order valence-corrected chi connectivity index (χ3v) is 2.38. The van der Waals surface area contributed by atoms with Crippen molar-refractivity contribution in [1.82, 2.24) is 0 Å². The Kier molecular flexibility index (Phi) is 3.53. The first kappa shape index (κ1) is 10.4. The zero-order valence-electron chi connectivity index (χ0n) is 7.72. The average molecular weight is 154 g/mol. The van der Waals surface area contributed by atoms with Crippen molar-refractivity contribution in [2.24, 2.45) is 5.92 Å². The van der Waals surface area contributed by atoms with Gasteiger partial charge in [-0.05, 0) is 18.9 Å². The van der Waals surface area contributed by atoms with E-state index in [1.54, 1.807) is 6.08 Å². The largest absolute Gasteiger partial charge is 0.385 e. The van der Waals surface area contributed by atoms with Gasteiger partial charge in [0.25, 0.3) is 0 Å². The number of hydrogen-bond donors (Lipinski definition) is 1. The van der Waals surface area contributed by atoms with Crippen LogP contribution in [0.5, 0.6) is 0 Å². The molecule has 0 amide bonds. The topological polar surface area (TPSA) is 20.2 Å². The molecule has 1 heteroatoms. The summed E-state index contributed by atoms with van der Waals surface area (Å²) in [4.78, 5) is 0. The van der Waals surface area contributed by atoms with E-state index in [0.717, 1.165) is 5.57 Å². The van der Waals surface area contributed by atoms with Crippen LogP contribution in [0.2, 0.25) is 0 Å². The third-order valence-electron chi connectivity index (χ3n) is 2.38. The lowest BCUT2D eigenvalue weighted by Gasteiger charge is -2.31. The van der Waals surface area contributed by atoms with Gasteiger partial charge in [-0.2, -0.15) is 0 Å². The van der Waals surface area contributed by atoms with Crippen LogP contribution in [0.15, 0.2) is 24.8 Å². The van der Waals surface area contributed by atoms with Crippen LogP contribution in [-0.2, 0) is 0 Å². The lowest BCUT2D eigenvalue weighted by atomic mass is 9.81. The molecule has 0 fully saturated rings. The summed E-state index contributed by atoms with van der Waals surface area (Å²) in [5.74, 6) is 0.0741. The molecule has 0 bridgehead atoms. The summed E-state index contributed by atoms with van der Waals surface area (Å²) < 4.78 is 0. The Morgan fingerprint density at radius 3 is 2.27 bits per heavy atom. The Hall–Kier alpha value is -0.560. The van der Waals surface area contributed by atoms with Gasteiger partial charge in [0, 0.05) is 5.92 Å². The predicted molar refractivity (Wildman–Crippen MR) is 49.4 cm³/mol. The molecule has 0 heterocycles. The predicted octanol–water partition coefficient (Wildman–Crippen LogP) is 2.53. The molecule has 0 rings (SSSR count). The molecule has 1 N–H and O–H groups in total. The second-order valence-electron chi connectivity index (χ2n) is 3.08. The van der Waals surface area contributed by atoms with Gasteiger partial charge in [-0.25, -0.2) is 0 Å². The summed E-state index contributed by atoms with van der Waals surface area (Å²) in [6.07, 6.45) is 2.45. The van der Waals surface area contributed by atoms with Gasteiger partial charge in [0.05, 0.1) is 5.60 Å². The van der Waals surface area contributed by atoms with Crippen LogP contribution < -0.4 is 0 Å². The second-order valence-corrected chi connectivity index (χ2v) is 3.08. The lowest BCUT2D eigenvalue weighted by molar-refractivity contribution is 0.0393. The van der Waals surface area contributed by atoms with E-state index in [9.17, 15) is 5.11 Å². The van der Waals surface area contributed by atoms with E-state index in [0.29, 0.717) is 6.42 Å². The molecule has 2 atom stereocenters. The zero-order chi connectivity index (χ0) is 9.07. The third kappa shape index (κ3) is 1.93. The van der Waals surface area contributed by atoms with Crippen molar-refractivity contribution in [2.75, 3.05) is 0 Å². The van der Waals surface area contributed by atoms with Gasteiger partial charge in [-0.1, -0.05) is 26.5 Å². The SMILES string of the molecule is C=CC(C)C(O)(CC)C(=C)C. The summed E-state index contributed by atoms with van der Waals surface area (Å²) in [6.45, 7) is 13.2. The van der Waals surface area contributed by atoms with E-state index < -0.39 is 5.60 Å². The molecule has 1 nitrogen and oxygen atoms in total. The fourth-order valence-corrected chi connectivity index (χ4v) is 1.21. The smallest absolute Gasteiger partial charge is 0.0908 e. The molecule has 0 aromatic carbocycles. The summed E-state index contributed by atoms with van der Waals surface area (Å²) in [5, 5.41) is 10.00. The van der Waals surface area contributed by atoms with Crippen LogP contribution in [0.3, 0.4) is 0 Å². The molecule has 0 aliphatic heterocycles. The van der Waals surface area contributed by atoms with Crippen molar-refractivity contribution in [1.29, 1.82) is 0 Å². The Morgan fingerprint density at radius 1 is 1.73 bits per heavy atom. The van der Waals surface area contributed by atoms with Gasteiger partial charge < -0.3 is 5.11 Å². The van der Waals surface area contributed by atoms with E-state index in [1.165, 1.54) is 0 Å². The molecule has 0 spiro atoms. The van der Waals surface area contributed by atoms with E-state index in [2.05, 4.69) is 13.2 Å². The maximum atomic E-state index is 10.00. The monoisotopic (exact) mass is 154 g/mol. The van der Waals surface area contributed by atoms with Crippen LogP contribution >= 0.6 is 0 Å². The second kappa shape index (κ2) is 3.72. The van der Waals surface area contributed by atoms with Gasteiger partial charge >= 0.3 is 0 Å². The Labute approximate surface area is 69.4 Å². The van der Waals surface area contributed by atoms with Crippen molar-refractivity contribution >= 4 is 0 Å². The zero-order valence-corrected chi connectivity index (χ0v) is 7.72. The molecule has 0 aliphatic rings. The van der Waals surface area contributed by atoms with E-state index >= 15 is 0 Å². The van der Waals surface area contributed by atoms with Gasteiger partial charge in [-0.3, -0.25) is 0 Å². The quantitative estimate of drug-likeness (QED) is 0.617. The fourth-order valence-electron chi connectivity index (χ4n) is 1.21. The molecule has 64 valence electrons. The maximum absolute atomic E-state index is 10.00. The van der Waals surface area contributed by atoms with Crippen LogP contribution in [0, 0.1) is 5.92 Å². The minimum absolute atomic E-state index is 0.0741. The number of rotatable bonds is 4. The Bertz CT molecular complexity index is 160. The van der Waals surface area contributed by atoms with Gasteiger partial charge in [-0.15, -0.1) is 6.58 Å². The molecule has 0 saturated carbocycles. The molecule has 0 aromatic rings. The van der Waals surface area contributed by atoms with Crippen LogP contribution in [-0.4, -0.2) is 10.7 Å². The first-order chi connectivity index (χ1) is 4.99. The van der Waals surface area contributed by atoms with Gasteiger partial charge in [0.1, 0.15) is 0 Å². The molecule has 0 saturated heterocycles. The lowest BCUT2D eigenvalue weighted by Crippen LogP contribution is -2.35. The van der Waals surface area contributed by atoms with Crippen LogP contribution in [0.25, 0.3) is 0 Å². The highest BCUT2D eigenvalue weighted by Crippen LogP contribution is 2.28. The molecular weight excluding hydrogens is 136 g/mol. The van der Waals surface area contributed by atoms with E-state index in [4.69, 9.17) is 0 Å². The normalized spacial score (nSPS) is 18.5. The molecule has 2 unspecified atom stereocenters. The average Bonchev–Trinajstić information content (AvgIpc) is 2.01. The Morgan fingerprint density at radius 2 is 2.18 bits per heavy atom. The maximum Gasteiger partial charge on any atom is 0.0908 e. The summed E-state index contributed by atoms with van der Waals surface area (Å²) >= 11 is 0. The highest BCUT2D eigenvalue weighted by Gasteiger charge is 2.30. The van der Waals surface area contributed by atoms with Crippen LogP contribution in [0.1, 0.15) is 27.2 Å². The first-order valence-electron chi connectivity index (χ1n) is 4.00. The molecule has 11 heavy (non-hydrogen) atoms. The van der Waals surface area contributed by atoms with E-state index in [-0.39, 0.29) is 5.92 Å². The van der Waals surface area contributed by atoms with Crippen molar-refractivity contribution < 1.29 is 5.11 Å². The van der Waals surface area contributed by atoms with Gasteiger partial charge in [0.15, 0.2) is 0 Å². The summed E-state index contributed by atoms with van der Waals surface area (Å²) in [7, 11) is 0. The molecule has 0 radical (unpaired) electrons.